The molecule has 0 saturated carbocycles. The van der Waals surface area contributed by atoms with Gasteiger partial charge < -0.3 is 14.2 Å². The van der Waals surface area contributed by atoms with E-state index in [0.29, 0.717) is 10.2 Å². The van der Waals surface area contributed by atoms with Crippen LogP contribution in [0.1, 0.15) is 11.5 Å². The summed E-state index contributed by atoms with van der Waals surface area (Å²) in [5.74, 6) is 1.39. The zero-order valence-electron chi connectivity index (χ0n) is 11.8. The normalized spacial score (nSPS) is 11.0. The Bertz CT molecular complexity index is 876. The molecule has 0 aliphatic rings. The minimum Gasteiger partial charge on any atom is -0.496 e. The number of pyridine rings is 1. The average molecular weight is 349 g/mol. The number of nitrogens with one attached hydrogen (secondary N) is 1. The number of hydrogen-bond donors (Lipinski definition) is 1. The minimum absolute atomic E-state index is 0.172. The van der Waals surface area contributed by atoms with Gasteiger partial charge in [0.1, 0.15) is 11.5 Å². The zero-order valence-corrected chi connectivity index (χ0v) is 13.4. The molecule has 2 aromatic heterocycles. The topological polar surface area (TPSA) is 68.1 Å². The fraction of sp³-hybridized carbons (Fsp3) is 0.200. The number of benzene rings is 1. The van der Waals surface area contributed by atoms with Crippen LogP contribution in [0.15, 0.2) is 32.0 Å². The number of methoxy groups -OCH3 is 1. The Morgan fingerprint density at radius 2 is 2.05 bits per heavy atom. The van der Waals surface area contributed by atoms with Crippen LogP contribution >= 0.6 is 15.9 Å². The first-order chi connectivity index (χ1) is 10.0. The van der Waals surface area contributed by atoms with E-state index in [-0.39, 0.29) is 5.56 Å². The summed E-state index contributed by atoms with van der Waals surface area (Å²) < 4.78 is 11.2. The van der Waals surface area contributed by atoms with Gasteiger partial charge >= 0.3 is 0 Å². The largest absolute Gasteiger partial charge is 0.496 e. The van der Waals surface area contributed by atoms with Crippen LogP contribution in [0.25, 0.3) is 22.0 Å². The number of H-pyrrole nitrogens is 1. The summed E-state index contributed by atoms with van der Waals surface area (Å²) in [6, 6.07) is 5.56. The Kier molecular flexibility index (Phi) is 3.33. The standard InChI is InChI=1S/C15H13BrN2O3/c1-7-14(8(2)21-18-7)10-4-9-5-11(16)15(19)17-12(9)6-13(10)20-3/h4-6H,1-3H3,(H,17,19). The van der Waals surface area contributed by atoms with Gasteiger partial charge in [0.15, 0.2) is 0 Å². The van der Waals surface area contributed by atoms with Crippen molar-refractivity contribution in [3.05, 3.63) is 44.5 Å². The minimum atomic E-state index is -0.172. The molecule has 0 spiro atoms. The first kappa shape index (κ1) is 13.9. The summed E-state index contributed by atoms with van der Waals surface area (Å²) in [6.07, 6.45) is 0. The highest BCUT2D eigenvalue weighted by molar-refractivity contribution is 9.10. The molecule has 0 saturated heterocycles. The lowest BCUT2D eigenvalue weighted by Gasteiger charge is -2.10. The summed E-state index contributed by atoms with van der Waals surface area (Å²) in [4.78, 5) is 14.5. The van der Waals surface area contributed by atoms with E-state index >= 15 is 0 Å². The summed E-state index contributed by atoms with van der Waals surface area (Å²) >= 11 is 3.25. The van der Waals surface area contributed by atoms with Crippen molar-refractivity contribution in [1.82, 2.24) is 10.1 Å². The maximum atomic E-state index is 11.7. The van der Waals surface area contributed by atoms with Gasteiger partial charge in [-0.15, -0.1) is 0 Å². The van der Waals surface area contributed by atoms with E-state index < -0.39 is 0 Å². The molecule has 0 bridgehead atoms. The quantitative estimate of drug-likeness (QED) is 0.768. The van der Waals surface area contributed by atoms with E-state index in [9.17, 15) is 4.79 Å². The molecule has 108 valence electrons. The van der Waals surface area contributed by atoms with Crippen LogP contribution < -0.4 is 10.3 Å². The van der Waals surface area contributed by atoms with Gasteiger partial charge in [-0.05, 0) is 41.9 Å². The molecular formula is C15H13BrN2O3. The van der Waals surface area contributed by atoms with Gasteiger partial charge in [0.05, 0.1) is 28.4 Å². The number of fused-ring (bicyclic) bond motifs is 1. The van der Waals surface area contributed by atoms with Crippen LogP contribution in [0.4, 0.5) is 0 Å². The third kappa shape index (κ3) is 2.25. The lowest BCUT2D eigenvalue weighted by molar-refractivity contribution is 0.393. The predicted octanol–water partition coefficient (Wildman–Crippen LogP) is 3.57. The molecule has 0 aliphatic heterocycles. The lowest BCUT2D eigenvalue weighted by atomic mass is 10.0. The molecule has 3 rings (SSSR count). The molecule has 6 heteroatoms. The molecule has 1 N–H and O–H groups in total. The van der Waals surface area contributed by atoms with Crippen molar-refractivity contribution in [2.45, 2.75) is 13.8 Å². The fourth-order valence-corrected chi connectivity index (χ4v) is 2.79. The van der Waals surface area contributed by atoms with Gasteiger partial charge in [0.25, 0.3) is 5.56 Å². The zero-order chi connectivity index (χ0) is 15.1. The Labute approximate surface area is 129 Å². The van der Waals surface area contributed by atoms with Gasteiger partial charge in [0.2, 0.25) is 0 Å². The van der Waals surface area contributed by atoms with Gasteiger partial charge in [-0.3, -0.25) is 4.79 Å². The second-order valence-corrected chi connectivity index (χ2v) is 5.64. The molecule has 3 aromatic rings. The average Bonchev–Trinajstić information content (AvgIpc) is 2.78. The van der Waals surface area contributed by atoms with E-state index in [2.05, 4.69) is 26.1 Å². The SMILES string of the molecule is COc1cc2[nH]c(=O)c(Br)cc2cc1-c1c(C)noc1C. The molecular weight excluding hydrogens is 336 g/mol. The van der Waals surface area contributed by atoms with Crippen LogP contribution in [-0.4, -0.2) is 17.3 Å². The summed E-state index contributed by atoms with van der Waals surface area (Å²) in [5.41, 5.74) is 3.15. The fourth-order valence-electron chi connectivity index (χ4n) is 2.44. The van der Waals surface area contributed by atoms with E-state index in [1.54, 1.807) is 13.2 Å². The molecule has 1 aromatic carbocycles. The molecule has 0 amide bonds. The number of aromatic amines is 1. The number of aromatic nitrogens is 2. The first-order valence-corrected chi connectivity index (χ1v) is 7.14. The van der Waals surface area contributed by atoms with Crippen molar-refractivity contribution >= 4 is 26.8 Å². The maximum absolute atomic E-state index is 11.7. The third-order valence-electron chi connectivity index (χ3n) is 3.42. The lowest BCUT2D eigenvalue weighted by Crippen LogP contribution is -2.06. The molecule has 0 radical (unpaired) electrons. The summed E-state index contributed by atoms with van der Waals surface area (Å²) in [7, 11) is 1.60. The highest BCUT2D eigenvalue weighted by Crippen LogP contribution is 2.37. The molecule has 0 fully saturated rings. The van der Waals surface area contributed by atoms with Crippen LogP contribution in [0, 0.1) is 13.8 Å². The number of hydrogen-bond acceptors (Lipinski definition) is 4. The van der Waals surface area contributed by atoms with Crippen molar-refractivity contribution in [2.75, 3.05) is 7.11 Å². The van der Waals surface area contributed by atoms with E-state index in [4.69, 9.17) is 9.26 Å². The van der Waals surface area contributed by atoms with Crippen LogP contribution in [0.2, 0.25) is 0 Å². The number of rotatable bonds is 2. The second-order valence-electron chi connectivity index (χ2n) is 4.79. The summed E-state index contributed by atoms with van der Waals surface area (Å²) in [5, 5.41) is 4.88. The van der Waals surface area contributed by atoms with Crippen LogP contribution in [0.5, 0.6) is 5.75 Å². The number of ether oxygens (including phenoxy) is 1. The number of aryl methyl sites for hydroxylation is 2. The maximum Gasteiger partial charge on any atom is 0.262 e. The number of nitrogens with zero attached hydrogens (tertiary/aromatic N) is 1. The Hall–Kier alpha value is -2.08. The first-order valence-electron chi connectivity index (χ1n) is 6.35. The van der Waals surface area contributed by atoms with Crippen molar-refractivity contribution in [3.63, 3.8) is 0 Å². The third-order valence-corrected chi connectivity index (χ3v) is 4.01. The highest BCUT2D eigenvalue weighted by atomic mass is 79.9. The predicted molar refractivity (Wildman–Crippen MR) is 83.8 cm³/mol. The molecule has 2 heterocycles. The number of halogens is 1. The molecule has 0 aliphatic carbocycles. The van der Waals surface area contributed by atoms with Gasteiger partial charge in [-0.2, -0.15) is 0 Å². The van der Waals surface area contributed by atoms with Crippen molar-refractivity contribution < 1.29 is 9.26 Å². The van der Waals surface area contributed by atoms with Crippen LogP contribution in [-0.2, 0) is 0 Å². The van der Waals surface area contributed by atoms with Gasteiger partial charge in [-0.1, -0.05) is 5.16 Å². The van der Waals surface area contributed by atoms with E-state index in [1.807, 2.05) is 26.0 Å². The second kappa shape index (κ2) is 5.04. The van der Waals surface area contributed by atoms with Crippen molar-refractivity contribution in [3.8, 4) is 16.9 Å². The Balaban J connectivity index is 2.37. The van der Waals surface area contributed by atoms with E-state index in [0.717, 1.165) is 33.5 Å². The van der Waals surface area contributed by atoms with Crippen LogP contribution in [0.3, 0.4) is 0 Å². The molecule has 0 unspecified atom stereocenters. The molecule has 0 atom stereocenters. The Morgan fingerprint density at radius 3 is 2.67 bits per heavy atom. The molecule has 21 heavy (non-hydrogen) atoms. The summed E-state index contributed by atoms with van der Waals surface area (Å²) in [6.45, 7) is 3.75. The van der Waals surface area contributed by atoms with Gasteiger partial charge in [0, 0.05) is 17.0 Å². The van der Waals surface area contributed by atoms with Gasteiger partial charge in [-0.25, -0.2) is 0 Å². The smallest absolute Gasteiger partial charge is 0.262 e. The van der Waals surface area contributed by atoms with E-state index in [1.165, 1.54) is 0 Å². The van der Waals surface area contributed by atoms with Crippen molar-refractivity contribution in [2.24, 2.45) is 0 Å². The molecule has 5 nitrogen and oxygen atoms in total. The monoisotopic (exact) mass is 348 g/mol. The highest BCUT2D eigenvalue weighted by Gasteiger charge is 2.17. The van der Waals surface area contributed by atoms with Crippen molar-refractivity contribution in [1.29, 1.82) is 0 Å². The Morgan fingerprint density at radius 1 is 1.29 bits per heavy atom.